The van der Waals surface area contributed by atoms with Crippen LogP contribution in [0.15, 0.2) is 0 Å². The lowest BCUT2D eigenvalue weighted by atomic mass is 10.3. The summed E-state index contributed by atoms with van der Waals surface area (Å²) in [5, 5.41) is 4.02. The van der Waals surface area contributed by atoms with Gasteiger partial charge in [-0.1, -0.05) is 0 Å². The van der Waals surface area contributed by atoms with E-state index < -0.39 is 29.9 Å². The van der Waals surface area contributed by atoms with Crippen molar-refractivity contribution < 1.29 is 19.2 Å². The van der Waals surface area contributed by atoms with E-state index in [1.54, 1.807) is 0 Å². The van der Waals surface area contributed by atoms with Crippen LogP contribution in [0.25, 0.3) is 0 Å². The predicted molar refractivity (Wildman–Crippen MR) is 44.1 cm³/mol. The molecular formula is C7H9N3O4. The van der Waals surface area contributed by atoms with Gasteiger partial charge in [-0.2, -0.15) is 0 Å². The highest BCUT2D eigenvalue weighted by Crippen LogP contribution is 2.04. The molecule has 0 radical (unpaired) electrons. The maximum Gasteiger partial charge on any atom is 0.334 e. The molecule has 0 aromatic heterocycles. The summed E-state index contributed by atoms with van der Waals surface area (Å²) in [6.07, 6.45) is -1.20. The molecule has 1 aliphatic heterocycles. The highest BCUT2D eigenvalue weighted by atomic mass is 16.2. The summed E-state index contributed by atoms with van der Waals surface area (Å²) < 4.78 is 0. The van der Waals surface area contributed by atoms with Crippen molar-refractivity contribution in [2.24, 2.45) is 0 Å². The van der Waals surface area contributed by atoms with Crippen LogP contribution in [0.3, 0.4) is 0 Å². The first-order valence-corrected chi connectivity index (χ1v) is 3.85. The van der Waals surface area contributed by atoms with Crippen molar-refractivity contribution in [3.05, 3.63) is 0 Å². The smallest absolute Gasteiger partial charge is 0.310 e. The van der Waals surface area contributed by atoms with Crippen LogP contribution in [0.5, 0.6) is 0 Å². The summed E-state index contributed by atoms with van der Waals surface area (Å²) in [7, 11) is 0. The Morgan fingerprint density at radius 1 is 1.29 bits per heavy atom. The zero-order chi connectivity index (χ0) is 10.9. The monoisotopic (exact) mass is 199 g/mol. The number of carbonyl (C=O) groups excluding carboxylic acids is 4. The molecule has 7 heteroatoms. The molecule has 0 spiro atoms. The van der Waals surface area contributed by atoms with Crippen LogP contribution in [0.1, 0.15) is 13.8 Å². The summed E-state index contributed by atoms with van der Waals surface area (Å²) in [5.41, 5.74) is 0. The summed E-state index contributed by atoms with van der Waals surface area (Å²) in [6.45, 7) is 2.31. The first-order chi connectivity index (χ1) is 6.43. The Hall–Kier alpha value is -1.92. The number of rotatable bonds is 1. The van der Waals surface area contributed by atoms with Crippen molar-refractivity contribution in [2.75, 3.05) is 0 Å². The van der Waals surface area contributed by atoms with Crippen molar-refractivity contribution in [3.63, 3.8) is 0 Å². The molecule has 0 aromatic rings. The van der Waals surface area contributed by atoms with Gasteiger partial charge in [0.25, 0.3) is 0 Å². The Bertz CT molecular complexity index is 325. The highest BCUT2D eigenvalue weighted by Gasteiger charge is 2.37. The maximum atomic E-state index is 11.1. The lowest BCUT2D eigenvalue weighted by Gasteiger charge is -2.31. The maximum absolute atomic E-state index is 11.1. The van der Waals surface area contributed by atoms with Gasteiger partial charge in [0.15, 0.2) is 11.9 Å². The summed E-state index contributed by atoms with van der Waals surface area (Å²) in [6, 6.07) is -1.67. The summed E-state index contributed by atoms with van der Waals surface area (Å²) >= 11 is 0. The van der Waals surface area contributed by atoms with E-state index in [1.165, 1.54) is 6.92 Å². The molecule has 14 heavy (non-hydrogen) atoms. The van der Waals surface area contributed by atoms with Gasteiger partial charge in [0.2, 0.25) is 5.91 Å². The molecule has 7 nitrogen and oxygen atoms in total. The molecule has 1 unspecified atom stereocenters. The zero-order valence-corrected chi connectivity index (χ0v) is 7.66. The largest absolute Gasteiger partial charge is 0.334 e. The fourth-order valence-corrected chi connectivity index (χ4v) is 1.11. The number of carbonyl (C=O) groups is 4. The molecular weight excluding hydrogens is 190 g/mol. The van der Waals surface area contributed by atoms with Crippen molar-refractivity contribution in [1.82, 2.24) is 15.5 Å². The average molecular weight is 199 g/mol. The number of amides is 5. The Labute approximate surface area is 79.4 Å². The molecule has 1 heterocycles. The first kappa shape index (κ1) is 10.2. The Kier molecular flexibility index (Phi) is 2.50. The van der Waals surface area contributed by atoms with Crippen LogP contribution in [-0.4, -0.2) is 34.8 Å². The molecule has 1 rings (SSSR count). The fraction of sp³-hybridized carbons (Fsp3) is 0.429. The molecule has 5 amide bonds. The van der Waals surface area contributed by atoms with Crippen molar-refractivity contribution >= 4 is 23.8 Å². The van der Waals surface area contributed by atoms with Gasteiger partial charge in [-0.05, 0) is 6.92 Å². The Balaban J connectivity index is 2.97. The average Bonchev–Trinajstić information content (AvgIpc) is 2.01. The lowest BCUT2D eigenvalue weighted by Crippen LogP contribution is -2.66. The molecule has 0 bridgehead atoms. The molecule has 0 saturated carbocycles. The lowest BCUT2D eigenvalue weighted by molar-refractivity contribution is -0.134. The number of hydrogen-bond donors (Lipinski definition) is 2. The van der Waals surface area contributed by atoms with Crippen LogP contribution in [0, 0.1) is 0 Å². The second-order valence-corrected chi connectivity index (χ2v) is 2.81. The predicted octanol–water partition coefficient (Wildman–Crippen LogP) is -0.817. The number of urea groups is 2. The standard InChI is InChI=1S/C7H9N3O4/c1-3(11)5-8-6(13)9-7(14)10(5)4(2)12/h5H,1-2H3,(H2,8,9,13,14). The van der Waals surface area contributed by atoms with Crippen LogP contribution in [0.2, 0.25) is 0 Å². The molecule has 1 saturated heterocycles. The van der Waals surface area contributed by atoms with E-state index in [9.17, 15) is 19.2 Å². The first-order valence-electron chi connectivity index (χ1n) is 3.85. The fourth-order valence-electron chi connectivity index (χ4n) is 1.11. The van der Waals surface area contributed by atoms with Gasteiger partial charge in [0.05, 0.1) is 0 Å². The van der Waals surface area contributed by atoms with Gasteiger partial charge in [-0.15, -0.1) is 0 Å². The molecule has 0 aromatic carbocycles. The Morgan fingerprint density at radius 3 is 2.29 bits per heavy atom. The van der Waals surface area contributed by atoms with Gasteiger partial charge < -0.3 is 5.32 Å². The number of hydrogen-bond acceptors (Lipinski definition) is 4. The molecule has 76 valence electrons. The number of nitrogens with one attached hydrogen (secondary N) is 2. The molecule has 0 aliphatic carbocycles. The van der Waals surface area contributed by atoms with Gasteiger partial charge in [-0.3, -0.25) is 14.9 Å². The minimum absolute atomic E-state index is 0.483. The van der Waals surface area contributed by atoms with E-state index in [4.69, 9.17) is 0 Å². The Morgan fingerprint density at radius 2 is 1.86 bits per heavy atom. The number of imide groups is 2. The third kappa shape index (κ3) is 1.70. The van der Waals surface area contributed by atoms with Gasteiger partial charge >= 0.3 is 12.1 Å². The SMILES string of the molecule is CC(=O)C1NC(=O)NC(=O)N1C(C)=O. The minimum Gasteiger partial charge on any atom is -0.310 e. The topological polar surface area (TPSA) is 95.6 Å². The molecule has 2 N–H and O–H groups in total. The van der Waals surface area contributed by atoms with E-state index in [1.807, 2.05) is 5.32 Å². The van der Waals surface area contributed by atoms with Crippen molar-refractivity contribution in [1.29, 1.82) is 0 Å². The number of ketones is 1. The normalized spacial score (nSPS) is 21.3. The van der Waals surface area contributed by atoms with E-state index in [-0.39, 0.29) is 0 Å². The van der Waals surface area contributed by atoms with Gasteiger partial charge in [0, 0.05) is 6.92 Å². The van der Waals surface area contributed by atoms with Crippen LogP contribution in [-0.2, 0) is 9.59 Å². The zero-order valence-electron chi connectivity index (χ0n) is 7.66. The minimum atomic E-state index is -1.20. The highest BCUT2D eigenvalue weighted by molar-refractivity contribution is 6.08. The second kappa shape index (κ2) is 3.44. The van der Waals surface area contributed by atoms with Crippen LogP contribution < -0.4 is 10.6 Å². The molecule has 1 aliphatic rings. The number of Topliss-reactive ketones (excluding diaryl/α,β-unsaturated/α-hetero) is 1. The summed E-state index contributed by atoms with van der Waals surface area (Å²) in [4.78, 5) is 44.6. The second-order valence-electron chi connectivity index (χ2n) is 2.81. The third-order valence-corrected chi connectivity index (χ3v) is 1.69. The van der Waals surface area contributed by atoms with Crippen LogP contribution in [0.4, 0.5) is 9.59 Å². The van der Waals surface area contributed by atoms with Crippen molar-refractivity contribution in [3.8, 4) is 0 Å². The molecule has 1 atom stereocenters. The van der Waals surface area contributed by atoms with Crippen LogP contribution >= 0.6 is 0 Å². The quantitative estimate of drug-likeness (QED) is 0.576. The third-order valence-electron chi connectivity index (χ3n) is 1.69. The molecule has 1 fully saturated rings. The van der Waals surface area contributed by atoms with E-state index in [0.717, 1.165) is 6.92 Å². The van der Waals surface area contributed by atoms with Crippen molar-refractivity contribution in [2.45, 2.75) is 20.0 Å². The van der Waals surface area contributed by atoms with Gasteiger partial charge in [0.1, 0.15) is 0 Å². The number of nitrogens with zero attached hydrogens (tertiary/aromatic N) is 1. The van der Waals surface area contributed by atoms with E-state index in [0.29, 0.717) is 4.90 Å². The van der Waals surface area contributed by atoms with Gasteiger partial charge in [-0.25, -0.2) is 14.5 Å². The summed E-state index contributed by atoms with van der Waals surface area (Å²) in [5.74, 6) is -1.09. The van der Waals surface area contributed by atoms with E-state index >= 15 is 0 Å². The van der Waals surface area contributed by atoms with E-state index in [2.05, 4.69) is 5.32 Å².